The van der Waals surface area contributed by atoms with Gasteiger partial charge in [-0.1, -0.05) is 23.7 Å². The van der Waals surface area contributed by atoms with Gasteiger partial charge in [0.05, 0.1) is 6.04 Å². The van der Waals surface area contributed by atoms with Crippen molar-refractivity contribution >= 4 is 29.1 Å². The highest BCUT2D eigenvalue weighted by Crippen LogP contribution is 2.30. The number of alkyl halides is 3. The van der Waals surface area contributed by atoms with E-state index < -0.39 is 17.9 Å². The number of amides is 2. The lowest BCUT2D eigenvalue weighted by atomic mass is 10.1. The highest BCUT2D eigenvalue weighted by Gasteiger charge is 2.34. The Labute approximate surface area is 153 Å². The molecular weight excluding hydrogens is 369 g/mol. The van der Waals surface area contributed by atoms with Crippen LogP contribution in [0.25, 0.3) is 0 Å². The van der Waals surface area contributed by atoms with Crippen molar-refractivity contribution in [2.75, 3.05) is 23.3 Å². The third kappa shape index (κ3) is 4.01. The summed E-state index contributed by atoms with van der Waals surface area (Å²) in [6.45, 7) is 2.56. The first-order valence-corrected chi connectivity index (χ1v) is 8.23. The number of benzene rings is 1. The summed E-state index contributed by atoms with van der Waals surface area (Å²) in [5.74, 6) is 0.240. The predicted molar refractivity (Wildman–Crippen MR) is 93.6 cm³/mol. The molecule has 1 aromatic heterocycles. The summed E-state index contributed by atoms with van der Waals surface area (Å²) in [5.41, 5.74) is 0.430. The molecule has 26 heavy (non-hydrogen) atoms. The maximum absolute atomic E-state index is 12.7. The van der Waals surface area contributed by atoms with E-state index >= 15 is 0 Å². The van der Waals surface area contributed by atoms with E-state index in [9.17, 15) is 18.0 Å². The quantitative estimate of drug-likeness (QED) is 0.838. The number of rotatable bonds is 3. The molecule has 1 saturated heterocycles. The van der Waals surface area contributed by atoms with Crippen LogP contribution >= 0.6 is 11.6 Å². The van der Waals surface area contributed by atoms with Gasteiger partial charge in [-0.2, -0.15) is 13.2 Å². The summed E-state index contributed by atoms with van der Waals surface area (Å²) in [4.78, 5) is 17.4. The van der Waals surface area contributed by atoms with Crippen molar-refractivity contribution in [3.63, 3.8) is 0 Å². The van der Waals surface area contributed by atoms with Crippen LogP contribution in [0.5, 0.6) is 0 Å². The van der Waals surface area contributed by atoms with Gasteiger partial charge in [0.1, 0.15) is 11.5 Å². The van der Waals surface area contributed by atoms with Gasteiger partial charge in [-0.15, -0.1) is 0 Å². The first-order valence-electron chi connectivity index (χ1n) is 7.86. The van der Waals surface area contributed by atoms with Gasteiger partial charge in [0.2, 0.25) is 0 Å². The molecule has 2 heterocycles. The Kier molecular flexibility index (Phi) is 4.95. The van der Waals surface area contributed by atoms with Gasteiger partial charge in [0.25, 0.3) is 0 Å². The molecule has 1 aliphatic heterocycles. The zero-order valence-electron chi connectivity index (χ0n) is 13.8. The molecule has 9 heteroatoms. The Morgan fingerprint density at radius 3 is 2.62 bits per heavy atom. The van der Waals surface area contributed by atoms with Crippen LogP contribution in [-0.2, 0) is 6.18 Å². The number of nitrogens with one attached hydrogen (secondary N) is 2. The minimum atomic E-state index is -4.48. The maximum atomic E-state index is 12.7. The van der Waals surface area contributed by atoms with E-state index in [1.807, 2.05) is 0 Å². The van der Waals surface area contributed by atoms with Gasteiger partial charge in [0.15, 0.2) is 0 Å². The first kappa shape index (κ1) is 18.3. The van der Waals surface area contributed by atoms with Crippen LogP contribution in [0.2, 0.25) is 5.02 Å². The number of carbonyl (C=O) groups excluding carboxylic acids is 1. The van der Waals surface area contributed by atoms with E-state index in [-0.39, 0.29) is 11.9 Å². The molecule has 5 nitrogen and oxygen atoms in total. The number of halogens is 4. The van der Waals surface area contributed by atoms with E-state index in [0.717, 1.165) is 11.6 Å². The van der Waals surface area contributed by atoms with Crippen molar-refractivity contribution in [1.82, 2.24) is 10.3 Å². The second kappa shape index (κ2) is 7.03. The van der Waals surface area contributed by atoms with Crippen molar-refractivity contribution < 1.29 is 18.0 Å². The molecule has 0 unspecified atom stereocenters. The van der Waals surface area contributed by atoms with Crippen LogP contribution in [0, 0.1) is 6.92 Å². The Morgan fingerprint density at radius 2 is 1.92 bits per heavy atom. The smallest absolute Gasteiger partial charge is 0.352 e. The SMILES string of the molecule is Cc1c(Cl)cccc1NC(=O)NC1CN(c2cccc(C(F)(F)F)n2)C1. The zero-order valence-corrected chi connectivity index (χ0v) is 14.5. The van der Waals surface area contributed by atoms with Gasteiger partial charge in [-0.3, -0.25) is 0 Å². The molecule has 0 saturated carbocycles. The fourth-order valence-corrected chi connectivity index (χ4v) is 2.78. The van der Waals surface area contributed by atoms with Crippen molar-refractivity contribution in [3.8, 4) is 0 Å². The highest BCUT2D eigenvalue weighted by atomic mass is 35.5. The van der Waals surface area contributed by atoms with Crippen LogP contribution in [0.4, 0.5) is 29.5 Å². The molecular formula is C17H16ClF3N4O. The van der Waals surface area contributed by atoms with E-state index in [0.29, 0.717) is 23.8 Å². The standard InChI is InChI=1S/C17H16ClF3N4O/c1-10-12(18)4-2-5-13(10)23-16(26)22-11-8-25(9-11)15-7-3-6-14(24-15)17(19,20)21/h2-7,11H,8-9H2,1H3,(H2,22,23,26). The largest absolute Gasteiger partial charge is 0.433 e. The molecule has 1 aromatic carbocycles. The molecule has 138 valence electrons. The number of carbonyl (C=O) groups is 1. The van der Waals surface area contributed by atoms with Gasteiger partial charge in [-0.25, -0.2) is 9.78 Å². The Hall–Kier alpha value is -2.48. The van der Waals surface area contributed by atoms with Crippen molar-refractivity contribution in [2.45, 2.75) is 19.1 Å². The second-order valence-electron chi connectivity index (χ2n) is 5.99. The number of nitrogens with zero attached hydrogens (tertiary/aromatic N) is 2. The Balaban J connectivity index is 1.54. The Bertz CT molecular complexity index is 822. The third-order valence-electron chi connectivity index (χ3n) is 4.08. The van der Waals surface area contributed by atoms with E-state index in [1.54, 1.807) is 30.0 Å². The van der Waals surface area contributed by atoms with Gasteiger partial charge >= 0.3 is 12.2 Å². The lowest BCUT2D eigenvalue weighted by Gasteiger charge is -2.40. The minimum Gasteiger partial charge on any atom is -0.352 e. The number of urea groups is 1. The van der Waals surface area contributed by atoms with E-state index in [4.69, 9.17) is 11.6 Å². The molecule has 2 amide bonds. The fourth-order valence-electron chi connectivity index (χ4n) is 2.60. The minimum absolute atomic E-state index is 0.175. The zero-order chi connectivity index (χ0) is 18.9. The highest BCUT2D eigenvalue weighted by molar-refractivity contribution is 6.31. The molecule has 2 aromatic rings. The van der Waals surface area contributed by atoms with Crippen LogP contribution in [0.15, 0.2) is 36.4 Å². The lowest BCUT2D eigenvalue weighted by Crippen LogP contribution is -2.60. The normalized spacial score (nSPS) is 14.7. The van der Waals surface area contributed by atoms with Crippen molar-refractivity contribution in [2.24, 2.45) is 0 Å². The lowest BCUT2D eigenvalue weighted by molar-refractivity contribution is -0.141. The summed E-state index contributed by atoms with van der Waals surface area (Å²) in [7, 11) is 0. The molecule has 1 fully saturated rings. The number of hydrogen-bond acceptors (Lipinski definition) is 3. The average Bonchev–Trinajstić information content (AvgIpc) is 2.54. The summed E-state index contributed by atoms with van der Waals surface area (Å²) < 4.78 is 38.1. The number of hydrogen-bond donors (Lipinski definition) is 2. The van der Waals surface area contributed by atoms with Crippen LogP contribution < -0.4 is 15.5 Å². The van der Waals surface area contributed by atoms with Gasteiger partial charge in [0, 0.05) is 23.8 Å². The van der Waals surface area contributed by atoms with Gasteiger partial charge < -0.3 is 15.5 Å². The molecule has 1 aliphatic rings. The Morgan fingerprint density at radius 1 is 1.23 bits per heavy atom. The number of anilines is 2. The maximum Gasteiger partial charge on any atom is 0.433 e. The molecule has 0 atom stereocenters. The first-order chi connectivity index (χ1) is 12.2. The molecule has 3 rings (SSSR count). The molecule has 0 radical (unpaired) electrons. The van der Waals surface area contributed by atoms with Crippen molar-refractivity contribution in [3.05, 3.63) is 52.7 Å². The summed E-state index contributed by atoms with van der Waals surface area (Å²) in [6, 6.07) is 8.39. The molecule has 0 bridgehead atoms. The van der Waals surface area contributed by atoms with Gasteiger partial charge in [-0.05, 0) is 36.8 Å². The average molecular weight is 385 g/mol. The second-order valence-corrected chi connectivity index (χ2v) is 6.40. The molecule has 0 aliphatic carbocycles. The van der Waals surface area contributed by atoms with Crippen LogP contribution in [0.1, 0.15) is 11.3 Å². The number of pyridine rings is 1. The fraction of sp³-hybridized carbons (Fsp3) is 0.294. The summed E-state index contributed by atoms with van der Waals surface area (Å²) >= 11 is 6.01. The predicted octanol–water partition coefficient (Wildman–Crippen LogP) is 4.07. The molecule has 2 N–H and O–H groups in total. The van der Waals surface area contributed by atoms with E-state index in [2.05, 4.69) is 15.6 Å². The monoisotopic (exact) mass is 384 g/mol. The number of aromatic nitrogens is 1. The van der Waals surface area contributed by atoms with Crippen LogP contribution in [-0.4, -0.2) is 30.1 Å². The third-order valence-corrected chi connectivity index (χ3v) is 4.49. The van der Waals surface area contributed by atoms with Crippen molar-refractivity contribution in [1.29, 1.82) is 0 Å². The summed E-state index contributed by atoms with van der Waals surface area (Å²) in [6.07, 6.45) is -4.48. The topological polar surface area (TPSA) is 57.3 Å². The van der Waals surface area contributed by atoms with Crippen LogP contribution in [0.3, 0.4) is 0 Å². The van der Waals surface area contributed by atoms with E-state index in [1.165, 1.54) is 12.1 Å². The summed E-state index contributed by atoms with van der Waals surface area (Å²) in [5, 5.41) is 6.04. The molecule has 0 spiro atoms.